The first-order chi connectivity index (χ1) is 11.7. The normalized spacial score (nSPS) is 11.9. The Hall–Kier alpha value is -3.64. The maximum Gasteiger partial charge on any atom is 0.142 e. The predicted octanol–water partition coefficient (Wildman–Crippen LogP) is 2.56. The van der Waals surface area contributed by atoms with Gasteiger partial charge in [-0.1, -0.05) is 12.1 Å². The van der Waals surface area contributed by atoms with Crippen molar-refractivity contribution in [2.75, 3.05) is 5.73 Å². The molecule has 3 N–H and O–H groups in total. The van der Waals surface area contributed by atoms with E-state index in [1.54, 1.807) is 18.3 Å². The molecule has 0 saturated heterocycles. The molecule has 6 heteroatoms. The fraction of sp³-hybridized carbons (Fsp3) is 0.111. The van der Waals surface area contributed by atoms with Crippen LogP contribution in [0.25, 0.3) is 22.4 Å². The van der Waals surface area contributed by atoms with E-state index in [0.29, 0.717) is 11.1 Å². The highest BCUT2D eigenvalue weighted by molar-refractivity contribution is 5.85. The van der Waals surface area contributed by atoms with Gasteiger partial charge in [0, 0.05) is 16.8 Å². The number of nitrogens with two attached hydrogens (primary N) is 1. The Morgan fingerprint density at radius 2 is 1.88 bits per heavy atom. The number of hydrogen-bond acceptors (Lipinski definition) is 5. The van der Waals surface area contributed by atoms with E-state index in [2.05, 4.69) is 27.3 Å². The molecule has 0 fully saturated rings. The van der Waals surface area contributed by atoms with Gasteiger partial charge in [0.25, 0.3) is 0 Å². The van der Waals surface area contributed by atoms with Crippen molar-refractivity contribution in [3.8, 4) is 34.5 Å². The van der Waals surface area contributed by atoms with Crippen LogP contribution in [0.4, 0.5) is 5.82 Å². The van der Waals surface area contributed by atoms with Crippen LogP contribution in [0, 0.1) is 22.7 Å². The number of nitrogens with one attached hydrogen (secondary N) is 1. The van der Waals surface area contributed by atoms with E-state index < -0.39 is 0 Å². The fourth-order valence-corrected chi connectivity index (χ4v) is 3.21. The smallest absolute Gasteiger partial charge is 0.142 e. The molecule has 1 aliphatic carbocycles. The van der Waals surface area contributed by atoms with Crippen molar-refractivity contribution >= 4 is 5.82 Å². The number of anilines is 1. The highest BCUT2D eigenvalue weighted by Gasteiger charge is 2.26. The van der Waals surface area contributed by atoms with E-state index >= 15 is 0 Å². The van der Waals surface area contributed by atoms with Crippen LogP contribution < -0.4 is 5.73 Å². The molecule has 1 aliphatic rings. The zero-order valence-electron chi connectivity index (χ0n) is 12.7. The summed E-state index contributed by atoms with van der Waals surface area (Å²) in [6, 6.07) is 11.5. The number of rotatable bonds is 1. The van der Waals surface area contributed by atoms with Gasteiger partial charge in [0.15, 0.2) is 0 Å². The largest absolute Gasteiger partial charge is 0.383 e. The first-order valence-electron chi connectivity index (χ1n) is 7.48. The Morgan fingerprint density at radius 1 is 1.08 bits per heavy atom. The average Bonchev–Trinajstić information content (AvgIpc) is 3.10. The molecule has 114 valence electrons. The average molecular weight is 312 g/mol. The molecule has 0 atom stereocenters. The van der Waals surface area contributed by atoms with Crippen LogP contribution in [0.1, 0.15) is 22.4 Å². The van der Waals surface area contributed by atoms with Crippen LogP contribution in [0.3, 0.4) is 0 Å². The molecular formula is C18H12N6. The molecule has 2 heterocycles. The minimum absolute atomic E-state index is 0.213. The van der Waals surface area contributed by atoms with Crippen molar-refractivity contribution < 1.29 is 0 Å². The molecule has 4 rings (SSSR count). The number of fused-ring (bicyclic) bond motifs is 3. The third-order valence-electron chi connectivity index (χ3n) is 4.34. The molecule has 1 aromatic carbocycles. The Bertz CT molecular complexity index is 1030. The second kappa shape index (κ2) is 5.22. The lowest BCUT2D eigenvalue weighted by Crippen LogP contribution is -2.11. The Morgan fingerprint density at radius 3 is 2.58 bits per heavy atom. The van der Waals surface area contributed by atoms with Crippen molar-refractivity contribution in [2.24, 2.45) is 0 Å². The van der Waals surface area contributed by atoms with Gasteiger partial charge in [-0.25, -0.2) is 4.98 Å². The van der Waals surface area contributed by atoms with Crippen LogP contribution >= 0.6 is 0 Å². The number of nitrogens with zero attached hydrogens (tertiary/aromatic N) is 4. The quantitative estimate of drug-likeness (QED) is 0.716. The highest BCUT2D eigenvalue weighted by atomic mass is 15.1. The number of H-pyrrole nitrogens is 1. The van der Waals surface area contributed by atoms with E-state index in [1.165, 1.54) is 0 Å². The SMILES string of the molecule is N#Cc1ccc(-c2c(C#N)c(N)nc3c2CCc2[nH]ncc2-3)cc1. The summed E-state index contributed by atoms with van der Waals surface area (Å²) >= 11 is 0. The third kappa shape index (κ3) is 1.94. The lowest BCUT2D eigenvalue weighted by molar-refractivity contribution is 0.876. The Labute approximate surface area is 138 Å². The second-order valence-corrected chi connectivity index (χ2v) is 5.64. The van der Waals surface area contributed by atoms with E-state index in [9.17, 15) is 5.26 Å². The van der Waals surface area contributed by atoms with Gasteiger partial charge in [0.1, 0.15) is 17.5 Å². The van der Waals surface area contributed by atoms with Crippen molar-refractivity contribution in [2.45, 2.75) is 12.8 Å². The number of aromatic amines is 1. The lowest BCUT2D eigenvalue weighted by atomic mass is 9.85. The van der Waals surface area contributed by atoms with Gasteiger partial charge in [0.05, 0.1) is 23.5 Å². The van der Waals surface area contributed by atoms with Gasteiger partial charge in [-0.2, -0.15) is 15.6 Å². The molecular weight excluding hydrogens is 300 g/mol. The molecule has 6 nitrogen and oxygen atoms in total. The first-order valence-corrected chi connectivity index (χ1v) is 7.48. The summed E-state index contributed by atoms with van der Waals surface area (Å²) in [5.41, 5.74) is 12.4. The van der Waals surface area contributed by atoms with Gasteiger partial charge in [-0.15, -0.1) is 0 Å². The van der Waals surface area contributed by atoms with Crippen LogP contribution in [-0.4, -0.2) is 15.2 Å². The summed E-state index contributed by atoms with van der Waals surface area (Å²) in [6.45, 7) is 0. The maximum atomic E-state index is 9.58. The number of pyridine rings is 1. The van der Waals surface area contributed by atoms with E-state index in [0.717, 1.165) is 46.5 Å². The van der Waals surface area contributed by atoms with Crippen molar-refractivity contribution in [3.05, 3.63) is 52.8 Å². The van der Waals surface area contributed by atoms with Crippen LogP contribution in [0.15, 0.2) is 30.5 Å². The van der Waals surface area contributed by atoms with Crippen LogP contribution in [-0.2, 0) is 12.8 Å². The fourth-order valence-electron chi connectivity index (χ4n) is 3.21. The zero-order valence-corrected chi connectivity index (χ0v) is 12.7. The summed E-state index contributed by atoms with van der Waals surface area (Å²) < 4.78 is 0. The van der Waals surface area contributed by atoms with Crippen LogP contribution in [0.5, 0.6) is 0 Å². The molecule has 0 bridgehead atoms. The zero-order chi connectivity index (χ0) is 16.7. The van der Waals surface area contributed by atoms with Crippen molar-refractivity contribution in [3.63, 3.8) is 0 Å². The monoisotopic (exact) mass is 312 g/mol. The number of benzene rings is 1. The van der Waals surface area contributed by atoms with Gasteiger partial charge in [0.2, 0.25) is 0 Å². The van der Waals surface area contributed by atoms with Crippen molar-refractivity contribution in [1.82, 2.24) is 15.2 Å². The molecule has 0 spiro atoms. The van der Waals surface area contributed by atoms with Gasteiger partial charge >= 0.3 is 0 Å². The molecule has 0 amide bonds. The Balaban J connectivity index is 2.03. The summed E-state index contributed by atoms with van der Waals surface area (Å²) in [5.74, 6) is 0.213. The highest BCUT2D eigenvalue weighted by Crippen LogP contribution is 2.40. The van der Waals surface area contributed by atoms with E-state index in [-0.39, 0.29) is 5.82 Å². The predicted molar refractivity (Wildman–Crippen MR) is 88.5 cm³/mol. The van der Waals surface area contributed by atoms with E-state index in [1.807, 2.05) is 12.1 Å². The molecule has 24 heavy (non-hydrogen) atoms. The summed E-state index contributed by atoms with van der Waals surface area (Å²) in [5, 5.41) is 25.6. The number of nitrogen functional groups attached to an aromatic ring is 1. The molecule has 3 aromatic rings. The summed E-state index contributed by atoms with van der Waals surface area (Å²) in [4.78, 5) is 4.46. The third-order valence-corrected chi connectivity index (χ3v) is 4.34. The Kier molecular flexibility index (Phi) is 3.04. The summed E-state index contributed by atoms with van der Waals surface area (Å²) in [6.07, 6.45) is 3.30. The molecule has 0 saturated carbocycles. The lowest BCUT2D eigenvalue weighted by Gasteiger charge is -2.21. The number of hydrogen-bond donors (Lipinski definition) is 2. The minimum Gasteiger partial charge on any atom is -0.383 e. The second-order valence-electron chi connectivity index (χ2n) is 5.64. The molecule has 0 radical (unpaired) electrons. The van der Waals surface area contributed by atoms with Crippen LogP contribution in [0.2, 0.25) is 0 Å². The number of aryl methyl sites for hydroxylation is 1. The van der Waals surface area contributed by atoms with Gasteiger partial charge < -0.3 is 5.73 Å². The van der Waals surface area contributed by atoms with Crippen molar-refractivity contribution in [1.29, 1.82) is 10.5 Å². The summed E-state index contributed by atoms with van der Waals surface area (Å²) in [7, 11) is 0. The molecule has 0 aliphatic heterocycles. The number of aromatic nitrogens is 3. The maximum absolute atomic E-state index is 9.58. The topological polar surface area (TPSA) is 115 Å². The van der Waals surface area contributed by atoms with Gasteiger partial charge in [-0.05, 0) is 36.1 Å². The molecule has 0 unspecified atom stereocenters. The first kappa shape index (κ1) is 14.0. The standard InChI is InChI=1S/C18H12N6/c19-7-10-1-3-11(4-2-10)16-12-5-6-15-14(9-22-24-15)17(12)23-18(21)13(16)8-20/h1-4,9H,5-6H2,(H2,21,23)(H,22,24). The van der Waals surface area contributed by atoms with Gasteiger partial charge in [-0.3, -0.25) is 5.10 Å². The number of nitriles is 2. The van der Waals surface area contributed by atoms with E-state index in [4.69, 9.17) is 11.0 Å². The minimum atomic E-state index is 0.213. The molecule has 2 aromatic heterocycles.